The van der Waals surface area contributed by atoms with Gasteiger partial charge in [0.2, 0.25) is 0 Å². The molecule has 0 aliphatic heterocycles. The number of hydrogen-bond donors (Lipinski definition) is 1. The van der Waals surface area contributed by atoms with Crippen LogP contribution in [0.5, 0.6) is 0 Å². The van der Waals surface area contributed by atoms with Crippen LogP contribution in [0.15, 0.2) is 18.2 Å². The van der Waals surface area contributed by atoms with Gasteiger partial charge < -0.3 is 5.32 Å². The third-order valence-corrected chi connectivity index (χ3v) is 1.79. The molecule has 2 nitrogen and oxygen atoms in total. The molecule has 0 amide bonds. The van der Waals surface area contributed by atoms with Crippen molar-refractivity contribution in [1.82, 2.24) is 0 Å². The summed E-state index contributed by atoms with van der Waals surface area (Å²) in [6, 6.07) is 7.21. The van der Waals surface area contributed by atoms with Gasteiger partial charge in [-0.2, -0.15) is 5.26 Å². The molecule has 0 bridgehead atoms. The van der Waals surface area contributed by atoms with Gasteiger partial charge in [0.05, 0.1) is 22.3 Å². The van der Waals surface area contributed by atoms with Gasteiger partial charge in [0.1, 0.15) is 0 Å². The predicted octanol–water partition coefficient (Wildman–Crippen LogP) is 2.64. The highest BCUT2D eigenvalue weighted by atomic mass is 35.5. The van der Waals surface area contributed by atoms with Crippen molar-refractivity contribution in [3.05, 3.63) is 28.8 Å². The topological polar surface area (TPSA) is 35.8 Å². The molecule has 0 aromatic heterocycles. The molecule has 1 aromatic rings. The highest BCUT2D eigenvalue weighted by Gasteiger charge is 1.99. The van der Waals surface area contributed by atoms with E-state index >= 15 is 0 Å². The van der Waals surface area contributed by atoms with Crippen LogP contribution in [-0.2, 0) is 0 Å². The fraction of sp³-hybridized carbons (Fsp3) is 0.222. The molecule has 1 N–H and O–H groups in total. The van der Waals surface area contributed by atoms with Crippen LogP contribution in [0, 0.1) is 11.3 Å². The van der Waals surface area contributed by atoms with Crippen molar-refractivity contribution >= 4 is 17.3 Å². The first-order valence-electron chi connectivity index (χ1n) is 3.71. The van der Waals surface area contributed by atoms with Crippen molar-refractivity contribution in [2.45, 2.75) is 6.92 Å². The highest BCUT2D eigenvalue weighted by molar-refractivity contribution is 6.33. The van der Waals surface area contributed by atoms with E-state index in [1.165, 1.54) is 0 Å². The summed E-state index contributed by atoms with van der Waals surface area (Å²) in [6.45, 7) is 2.78. The predicted molar refractivity (Wildman–Crippen MR) is 50.3 cm³/mol. The van der Waals surface area contributed by atoms with E-state index < -0.39 is 0 Å². The van der Waals surface area contributed by atoms with Crippen LogP contribution in [0.4, 0.5) is 5.69 Å². The molecule has 0 aliphatic carbocycles. The maximum Gasteiger partial charge on any atom is 0.0992 e. The van der Waals surface area contributed by atoms with Crippen LogP contribution in [0.3, 0.4) is 0 Å². The van der Waals surface area contributed by atoms with Gasteiger partial charge in [-0.15, -0.1) is 0 Å². The van der Waals surface area contributed by atoms with Gasteiger partial charge in [0, 0.05) is 6.54 Å². The molecule has 0 fully saturated rings. The van der Waals surface area contributed by atoms with Crippen LogP contribution in [-0.4, -0.2) is 6.54 Å². The molecule has 1 aromatic carbocycles. The summed E-state index contributed by atoms with van der Waals surface area (Å²) in [5, 5.41) is 12.3. The Morgan fingerprint density at radius 2 is 2.33 bits per heavy atom. The second-order valence-electron chi connectivity index (χ2n) is 2.34. The van der Waals surface area contributed by atoms with Gasteiger partial charge in [-0.3, -0.25) is 0 Å². The van der Waals surface area contributed by atoms with E-state index in [-0.39, 0.29) is 0 Å². The van der Waals surface area contributed by atoms with Crippen molar-refractivity contribution < 1.29 is 0 Å². The molecule has 0 aliphatic rings. The molecule has 0 heterocycles. The molecule has 0 spiro atoms. The second-order valence-corrected chi connectivity index (χ2v) is 2.74. The van der Waals surface area contributed by atoms with E-state index in [0.717, 1.165) is 12.2 Å². The van der Waals surface area contributed by atoms with Crippen LogP contribution in [0.2, 0.25) is 5.02 Å². The van der Waals surface area contributed by atoms with Crippen molar-refractivity contribution in [1.29, 1.82) is 5.26 Å². The lowest BCUT2D eigenvalue weighted by Gasteiger charge is -2.04. The fourth-order valence-electron chi connectivity index (χ4n) is 0.921. The number of halogens is 1. The Bertz CT molecular complexity index is 315. The largest absolute Gasteiger partial charge is 0.384 e. The maximum absolute atomic E-state index is 8.60. The van der Waals surface area contributed by atoms with Crippen LogP contribution in [0.25, 0.3) is 0 Å². The van der Waals surface area contributed by atoms with Crippen LogP contribution < -0.4 is 5.32 Å². The number of anilines is 1. The monoisotopic (exact) mass is 180 g/mol. The van der Waals surface area contributed by atoms with E-state index in [4.69, 9.17) is 16.9 Å². The van der Waals surface area contributed by atoms with E-state index in [9.17, 15) is 0 Å². The Balaban J connectivity index is 3.01. The van der Waals surface area contributed by atoms with E-state index in [1.807, 2.05) is 6.92 Å². The van der Waals surface area contributed by atoms with Gasteiger partial charge in [0.15, 0.2) is 0 Å². The third kappa shape index (κ3) is 1.90. The first-order chi connectivity index (χ1) is 5.77. The molecule has 0 saturated carbocycles. The normalized spacial score (nSPS) is 9.08. The smallest absolute Gasteiger partial charge is 0.0992 e. The fourth-order valence-corrected chi connectivity index (χ4v) is 1.11. The number of benzene rings is 1. The van der Waals surface area contributed by atoms with Crippen molar-refractivity contribution in [2.24, 2.45) is 0 Å². The van der Waals surface area contributed by atoms with E-state index in [2.05, 4.69) is 11.4 Å². The summed E-state index contributed by atoms with van der Waals surface area (Å²) in [5.41, 5.74) is 1.44. The highest BCUT2D eigenvalue weighted by Crippen LogP contribution is 2.22. The summed E-state index contributed by atoms with van der Waals surface area (Å²) >= 11 is 5.86. The van der Waals surface area contributed by atoms with Crippen LogP contribution in [0.1, 0.15) is 12.5 Å². The van der Waals surface area contributed by atoms with E-state index in [1.54, 1.807) is 18.2 Å². The van der Waals surface area contributed by atoms with Gasteiger partial charge in [0.25, 0.3) is 0 Å². The quantitative estimate of drug-likeness (QED) is 0.760. The molecule has 1 rings (SSSR count). The molecule has 0 saturated heterocycles. The standard InChI is InChI=1S/C9H9ClN2/c1-2-12-9-5-7(6-11)3-4-8(9)10/h3-5,12H,2H2,1H3. The first kappa shape index (κ1) is 8.89. The Morgan fingerprint density at radius 3 is 2.92 bits per heavy atom. The minimum Gasteiger partial charge on any atom is -0.384 e. The molecular formula is C9H9ClN2. The summed E-state index contributed by atoms with van der Waals surface area (Å²) < 4.78 is 0. The van der Waals surface area contributed by atoms with Crippen molar-refractivity contribution in [3.63, 3.8) is 0 Å². The lowest BCUT2D eigenvalue weighted by atomic mass is 10.2. The number of nitriles is 1. The summed E-state index contributed by atoms with van der Waals surface area (Å²) in [6.07, 6.45) is 0. The second kappa shape index (κ2) is 3.99. The molecule has 0 atom stereocenters. The summed E-state index contributed by atoms with van der Waals surface area (Å²) in [5.74, 6) is 0. The third-order valence-electron chi connectivity index (χ3n) is 1.46. The lowest BCUT2D eigenvalue weighted by Crippen LogP contribution is -1.97. The van der Waals surface area contributed by atoms with Crippen molar-refractivity contribution in [2.75, 3.05) is 11.9 Å². The average Bonchev–Trinajstić information content (AvgIpc) is 2.09. The zero-order valence-electron chi connectivity index (χ0n) is 6.76. The molecule has 62 valence electrons. The zero-order valence-corrected chi connectivity index (χ0v) is 7.52. The number of nitrogens with zero attached hydrogens (tertiary/aromatic N) is 1. The molecule has 3 heteroatoms. The van der Waals surface area contributed by atoms with E-state index in [0.29, 0.717) is 10.6 Å². The minimum atomic E-state index is 0.621. The zero-order chi connectivity index (χ0) is 8.97. The SMILES string of the molecule is CCNc1cc(C#N)ccc1Cl. The lowest BCUT2D eigenvalue weighted by molar-refractivity contribution is 1.21. The van der Waals surface area contributed by atoms with Gasteiger partial charge in [-0.1, -0.05) is 11.6 Å². The average molecular weight is 181 g/mol. The molecule has 0 unspecified atom stereocenters. The molecule has 12 heavy (non-hydrogen) atoms. The van der Waals surface area contributed by atoms with Crippen LogP contribution >= 0.6 is 11.6 Å². The maximum atomic E-state index is 8.60. The molecule has 0 radical (unpaired) electrons. The number of rotatable bonds is 2. The van der Waals surface area contributed by atoms with Gasteiger partial charge >= 0.3 is 0 Å². The van der Waals surface area contributed by atoms with Gasteiger partial charge in [-0.05, 0) is 25.1 Å². The Labute approximate surface area is 76.8 Å². The Morgan fingerprint density at radius 1 is 1.58 bits per heavy atom. The van der Waals surface area contributed by atoms with Crippen molar-refractivity contribution in [3.8, 4) is 6.07 Å². The van der Waals surface area contributed by atoms with Gasteiger partial charge in [-0.25, -0.2) is 0 Å². The number of hydrogen-bond acceptors (Lipinski definition) is 2. The Hall–Kier alpha value is -1.20. The minimum absolute atomic E-state index is 0.621. The Kier molecular flexibility index (Phi) is 2.95. The first-order valence-corrected chi connectivity index (χ1v) is 4.09. The molecular weight excluding hydrogens is 172 g/mol. The summed E-state index contributed by atoms with van der Waals surface area (Å²) in [7, 11) is 0. The summed E-state index contributed by atoms with van der Waals surface area (Å²) in [4.78, 5) is 0. The number of nitrogens with one attached hydrogen (secondary N) is 1.